The van der Waals surface area contributed by atoms with Crippen molar-refractivity contribution >= 4 is 6.03 Å². The molecule has 2 N–H and O–H groups in total. The van der Waals surface area contributed by atoms with Gasteiger partial charge in [0.1, 0.15) is 11.6 Å². The molecule has 2 saturated heterocycles. The van der Waals surface area contributed by atoms with Crippen molar-refractivity contribution in [3.63, 3.8) is 0 Å². The lowest BCUT2D eigenvalue weighted by molar-refractivity contribution is -0.00255. The highest BCUT2D eigenvalue weighted by Crippen LogP contribution is 2.41. The second-order valence-electron chi connectivity index (χ2n) is 13.3. The van der Waals surface area contributed by atoms with Crippen molar-refractivity contribution in [3.8, 4) is 17.0 Å². The molecule has 0 bridgehead atoms. The van der Waals surface area contributed by atoms with Crippen LogP contribution in [0.2, 0.25) is 0 Å². The van der Waals surface area contributed by atoms with Gasteiger partial charge in [0, 0.05) is 79.4 Å². The molecule has 2 aromatic carbocycles. The van der Waals surface area contributed by atoms with Gasteiger partial charge in [-0.15, -0.1) is 0 Å². The SMILES string of the molecule is COc1ccc(F)c([C@@H]2C[C@H](NC(C)C)CCN2C(=O)N2CCN(Cc3c[nH]c(-c4ccccc4)cc3=O)C3(CCCC3)C2)c1. The molecular formula is C36H46FN5O3. The Bertz CT molecular complexity index is 1540. The minimum absolute atomic E-state index is 0.0267. The van der Waals surface area contributed by atoms with Gasteiger partial charge in [-0.3, -0.25) is 9.69 Å². The van der Waals surface area contributed by atoms with E-state index in [2.05, 4.69) is 29.0 Å². The summed E-state index contributed by atoms with van der Waals surface area (Å²) in [5.74, 6) is 0.271. The van der Waals surface area contributed by atoms with Crippen molar-refractivity contribution in [2.24, 2.45) is 0 Å². The number of likely N-dealkylation sites (tertiary alicyclic amines) is 1. The van der Waals surface area contributed by atoms with Crippen molar-refractivity contribution in [1.82, 2.24) is 25.0 Å². The topological polar surface area (TPSA) is 80.9 Å². The Balaban J connectivity index is 1.22. The Morgan fingerprint density at radius 3 is 2.58 bits per heavy atom. The number of rotatable bonds is 7. The number of carbonyl (C=O) groups is 1. The molecule has 3 heterocycles. The average molecular weight is 616 g/mol. The number of hydrogen-bond acceptors (Lipinski definition) is 5. The number of carbonyl (C=O) groups excluding carboxylic acids is 1. The molecule has 9 heteroatoms. The van der Waals surface area contributed by atoms with Gasteiger partial charge in [-0.1, -0.05) is 57.0 Å². The van der Waals surface area contributed by atoms with E-state index >= 15 is 4.39 Å². The number of piperazine rings is 1. The third-order valence-electron chi connectivity index (χ3n) is 10.0. The number of benzene rings is 2. The van der Waals surface area contributed by atoms with Gasteiger partial charge < -0.3 is 24.8 Å². The minimum atomic E-state index is -0.392. The number of nitrogens with one attached hydrogen (secondary N) is 2. The standard InChI is InChI=1S/C36H46FN5O3/c1-25(2)39-28-13-16-42(33(19-28)30-20-29(45-3)11-12-31(30)37)35(44)40-17-18-41(36(24-40)14-7-8-15-36)23-27-22-38-32(21-34(27)43)26-9-5-4-6-10-26/h4-6,9-12,20-22,25,28,33,39H,7-8,13-19,23-24H2,1-3H3,(H,38,43)/t28-,33+/m1/s1. The maximum Gasteiger partial charge on any atom is 0.320 e. The predicted octanol–water partition coefficient (Wildman–Crippen LogP) is 5.94. The van der Waals surface area contributed by atoms with Crippen molar-refractivity contribution in [2.75, 3.05) is 33.3 Å². The number of urea groups is 1. The van der Waals surface area contributed by atoms with E-state index in [0.717, 1.165) is 48.9 Å². The van der Waals surface area contributed by atoms with Crippen LogP contribution in [0.25, 0.3) is 11.3 Å². The molecular weight excluding hydrogens is 569 g/mol. The number of nitrogens with zero attached hydrogens (tertiary/aromatic N) is 3. The average Bonchev–Trinajstić information content (AvgIpc) is 3.51. The van der Waals surface area contributed by atoms with Crippen molar-refractivity contribution in [2.45, 2.75) is 82.6 Å². The molecule has 1 saturated carbocycles. The molecule has 0 radical (unpaired) electrons. The van der Waals surface area contributed by atoms with Crippen LogP contribution < -0.4 is 15.5 Å². The van der Waals surface area contributed by atoms with E-state index in [1.165, 1.54) is 6.07 Å². The quantitative estimate of drug-likeness (QED) is 0.344. The molecule has 1 aliphatic carbocycles. The molecule has 2 amide bonds. The number of H-pyrrole nitrogens is 1. The summed E-state index contributed by atoms with van der Waals surface area (Å²) in [7, 11) is 1.58. The zero-order valence-corrected chi connectivity index (χ0v) is 26.7. The van der Waals surface area contributed by atoms with Gasteiger partial charge in [0.15, 0.2) is 5.43 Å². The molecule has 3 aliphatic rings. The molecule has 6 rings (SSSR count). The Labute approximate surface area is 265 Å². The Morgan fingerprint density at radius 2 is 1.87 bits per heavy atom. The molecule has 240 valence electrons. The van der Waals surface area contributed by atoms with E-state index in [0.29, 0.717) is 56.5 Å². The van der Waals surface area contributed by atoms with E-state index in [-0.39, 0.29) is 28.9 Å². The highest BCUT2D eigenvalue weighted by Gasteiger charge is 2.46. The first-order chi connectivity index (χ1) is 21.8. The van der Waals surface area contributed by atoms with Crippen molar-refractivity contribution < 1.29 is 13.9 Å². The fourth-order valence-corrected chi connectivity index (χ4v) is 7.74. The van der Waals surface area contributed by atoms with E-state index in [1.54, 1.807) is 25.3 Å². The fraction of sp³-hybridized carbons (Fsp3) is 0.500. The summed E-state index contributed by atoms with van der Waals surface area (Å²) in [6, 6.07) is 16.4. The number of methoxy groups -OCH3 is 1. The Kier molecular flexibility index (Phi) is 9.28. The summed E-state index contributed by atoms with van der Waals surface area (Å²) in [5.41, 5.74) is 2.90. The monoisotopic (exact) mass is 615 g/mol. The first-order valence-electron chi connectivity index (χ1n) is 16.4. The number of hydrogen-bond donors (Lipinski definition) is 2. The number of piperidine rings is 1. The molecule has 0 unspecified atom stereocenters. The van der Waals surface area contributed by atoms with E-state index in [4.69, 9.17) is 4.74 Å². The zero-order valence-electron chi connectivity index (χ0n) is 26.7. The molecule has 2 aliphatic heterocycles. The predicted molar refractivity (Wildman–Crippen MR) is 175 cm³/mol. The molecule has 2 atom stereocenters. The molecule has 45 heavy (non-hydrogen) atoms. The number of aromatic nitrogens is 1. The van der Waals surface area contributed by atoms with Crippen LogP contribution in [0.4, 0.5) is 9.18 Å². The van der Waals surface area contributed by atoms with Crippen LogP contribution in [-0.4, -0.2) is 76.6 Å². The van der Waals surface area contributed by atoms with E-state index in [1.807, 2.05) is 46.3 Å². The van der Waals surface area contributed by atoms with Gasteiger partial charge in [0.2, 0.25) is 0 Å². The lowest BCUT2D eigenvalue weighted by Crippen LogP contribution is -2.64. The van der Waals surface area contributed by atoms with Crippen LogP contribution >= 0.6 is 0 Å². The summed E-state index contributed by atoms with van der Waals surface area (Å²) in [5, 5.41) is 3.61. The maximum absolute atomic E-state index is 15.3. The molecule has 3 aromatic rings. The first-order valence-corrected chi connectivity index (χ1v) is 16.4. The van der Waals surface area contributed by atoms with Crippen LogP contribution in [0.5, 0.6) is 5.75 Å². The second kappa shape index (κ2) is 13.3. The Morgan fingerprint density at radius 1 is 1.09 bits per heavy atom. The highest BCUT2D eigenvalue weighted by atomic mass is 19.1. The first kappa shape index (κ1) is 31.3. The normalized spacial score (nSPS) is 21.9. The van der Waals surface area contributed by atoms with E-state index in [9.17, 15) is 9.59 Å². The highest BCUT2D eigenvalue weighted by molar-refractivity contribution is 5.75. The third kappa shape index (κ3) is 6.65. The molecule has 1 aromatic heterocycles. The number of pyridine rings is 1. The van der Waals surface area contributed by atoms with Gasteiger partial charge in [-0.2, -0.15) is 0 Å². The minimum Gasteiger partial charge on any atom is -0.497 e. The van der Waals surface area contributed by atoms with Gasteiger partial charge in [-0.25, -0.2) is 9.18 Å². The number of amides is 2. The van der Waals surface area contributed by atoms with E-state index < -0.39 is 6.04 Å². The Hall–Kier alpha value is -3.69. The third-order valence-corrected chi connectivity index (χ3v) is 10.0. The van der Waals surface area contributed by atoms with Crippen molar-refractivity contribution in [1.29, 1.82) is 0 Å². The molecule has 1 spiro atoms. The van der Waals surface area contributed by atoms with Crippen LogP contribution in [0, 0.1) is 5.82 Å². The lowest BCUT2D eigenvalue weighted by Gasteiger charge is -2.51. The van der Waals surface area contributed by atoms with Crippen LogP contribution in [-0.2, 0) is 6.54 Å². The summed E-state index contributed by atoms with van der Waals surface area (Å²) in [6.45, 7) is 7.21. The summed E-state index contributed by atoms with van der Waals surface area (Å²) < 4.78 is 20.8. The smallest absolute Gasteiger partial charge is 0.320 e. The van der Waals surface area contributed by atoms with Crippen LogP contribution in [0.3, 0.4) is 0 Å². The number of ether oxygens (including phenoxy) is 1. The number of aromatic amines is 1. The van der Waals surface area contributed by atoms with Gasteiger partial charge in [0.05, 0.1) is 13.2 Å². The van der Waals surface area contributed by atoms with Crippen LogP contribution in [0.15, 0.2) is 65.6 Å². The summed E-state index contributed by atoms with van der Waals surface area (Å²) in [4.78, 5) is 37.3. The summed E-state index contributed by atoms with van der Waals surface area (Å²) >= 11 is 0. The molecule has 8 nitrogen and oxygen atoms in total. The van der Waals surface area contributed by atoms with Crippen molar-refractivity contribution in [3.05, 3.63) is 88.0 Å². The van der Waals surface area contributed by atoms with Gasteiger partial charge >= 0.3 is 6.03 Å². The molecule has 3 fully saturated rings. The second-order valence-corrected chi connectivity index (χ2v) is 13.3. The fourth-order valence-electron chi connectivity index (χ4n) is 7.74. The zero-order chi connectivity index (χ0) is 31.6. The van der Waals surface area contributed by atoms with Gasteiger partial charge in [-0.05, 0) is 49.4 Å². The summed E-state index contributed by atoms with van der Waals surface area (Å²) in [6.07, 6.45) is 7.50. The van der Waals surface area contributed by atoms with Crippen LogP contribution in [0.1, 0.15) is 69.5 Å². The largest absolute Gasteiger partial charge is 0.497 e. The number of halogens is 1. The van der Waals surface area contributed by atoms with Gasteiger partial charge in [0.25, 0.3) is 0 Å². The lowest BCUT2D eigenvalue weighted by atomic mass is 9.89. The maximum atomic E-state index is 15.3.